The molecule has 0 saturated carbocycles. The summed E-state index contributed by atoms with van der Waals surface area (Å²) in [5.74, 6) is 2.39. The van der Waals surface area contributed by atoms with E-state index in [0.717, 1.165) is 0 Å². The van der Waals surface area contributed by atoms with Crippen molar-refractivity contribution < 1.29 is 19.1 Å². The average Bonchev–Trinajstić information content (AvgIpc) is 2.76. The average molecular weight is 405 g/mol. The fourth-order valence-electron chi connectivity index (χ4n) is 3.16. The van der Waals surface area contributed by atoms with Crippen molar-refractivity contribution in [2.45, 2.75) is 12.8 Å². The van der Waals surface area contributed by atoms with Gasteiger partial charge in [0.2, 0.25) is 17.7 Å². The monoisotopic (exact) mass is 405 g/mol. The van der Waals surface area contributed by atoms with E-state index in [9.17, 15) is 14.4 Å². The Hall–Kier alpha value is -3.79. The van der Waals surface area contributed by atoms with Crippen LogP contribution in [0.3, 0.4) is 0 Å². The number of carbonyl (C=O) groups excluding carboxylic acids is 3. The summed E-state index contributed by atoms with van der Waals surface area (Å²) in [6.45, 7) is 0.740. The number of benzene rings is 2. The Kier molecular flexibility index (Phi) is 6.71. The number of ether oxygens (including phenoxy) is 1. The molecule has 3 rings (SSSR count). The summed E-state index contributed by atoms with van der Waals surface area (Å²) >= 11 is 0. The number of rotatable bonds is 6. The normalized spacial score (nSPS) is 12.2. The van der Waals surface area contributed by atoms with Crippen molar-refractivity contribution in [2.75, 3.05) is 37.0 Å². The highest BCUT2D eigenvalue weighted by atomic mass is 16.5. The highest BCUT2D eigenvalue weighted by Crippen LogP contribution is 2.31. The lowest BCUT2D eigenvalue weighted by molar-refractivity contribution is -0.134. The number of hydrogen-bond acceptors (Lipinski definition) is 4. The Morgan fingerprint density at radius 1 is 1.17 bits per heavy atom. The van der Waals surface area contributed by atoms with Crippen molar-refractivity contribution in [3.63, 3.8) is 0 Å². The molecule has 1 aliphatic heterocycles. The molecule has 0 aliphatic carbocycles. The molecule has 1 N–H and O–H groups in total. The van der Waals surface area contributed by atoms with Gasteiger partial charge in [-0.05, 0) is 30.3 Å². The maximum Gasteiger partial charge on any atom is 0.243 e. The Bertz CT molecular complexity index is 996. The van der Waals surface area contributed by atoms with E-state index >= 15 is 0 Å². The van der Waals surface area contributed by atoms with Crippen molar-refractivity contribution >= 4 is 29.1 Å². The van der Waals surface area contributed by atoms with Crippen LogP contribution < -0.4 is 15.0 Å². The zero-order chi connectivity index (χ0) is 21.5. The molecule has 0 bridgehead atoms. The number of amides is 3. The number of fused-ring (bicyclic) bond motifs is 1. The van der Waals surface area contributed by atoms with Crippen LogP contribution in [0, 0.1) is 12.3 Å². The van der Waals surface area contributed by atoms with E-state index in [2.05, 4.69) is 11.2 Å². The smallest absolute Gasteiger partial charge is 0.243 e. The number of carbonyl (C=O) groups is 3. The first kappa shape index (κ1) is 20.9. The van der Waals surface area contributed by atoms with Gasteiger partial charge in [-0.25, -0.2) is 0 Å². The topological polar surface area (TPSA) is 79.0 Å². The van der Waals surface area contributed by atoms with Gasteiger partial charge in [-0.1, -0.05) is 24.1 Å². The molecule has 7 nitrogen and oxygen atoms in total. The SMILES string of the molecule is C#Cc1cccc(NC(=O)CN(C)C(=O)CCC(=O)N2CCOc3ccccc32)c1. The molecular formula is C23H23N3O4. The molecule has 2 aromatic rings. The van der Waals surface area contributed by atoms with Crippen LogP contribution in [0.25, 0.3) is 0 Å². The number of terminal acetylenes is 1. The number of para-hydroxylation sites is 2. The summed E-state index contributed by atoms with van der Waals surface area (Å²) in [5, 5.41) is 2.71. The fraction of sp³-hybridized carbons (Fsp3) is 0.261. The predicted octanol–water partition coefficient (Wildman–Crippen LogP) is 2.27. The van der Waals surface area contributed by atoms with Gasteiger partial charge in [-0.3, -0.25) is 14.4 Å². The first-order valence-corrected chi connectivity index (χ1v) is 9.60. The molecule has 154 valence electrons. The molecule has 2 aromatic carbocycles. The molecule has 1 aliphatic rings. The number of nitrogens with one attached hydrogen (secondary N) is 1. The van der Waals surface area contributed by atoms with Crippen LogP contribution in [0.2, 0.25) is 0 Å². The van der Waals surface area contributed by atoms with Gasteiger partial charge in [-0.2, -0.15) is 0 Å². The minimum absolute atomic E-state index is 0.0225. The van der Waals surface area contributed by atoms with E-state index in [1.54, 1.807) is 29.2 Å². The molecule has 0 radical (unpaired) electrons. The van der Waals surface area contributed by atoms with E-state index in [0.29, 0.717) is 35.8 Å². The summed E-state index contributed by atoms with van der Waals surface area (Å²) in [6.07, 6.45) is 5.44. The van der Waals surface area contributed by atoms with Gasteiger partial charge < -0.3 is 19.9 Å². The van der Waals surface area contributed by atoms with Crippen LogP contribution in [0.15, 0.2) is 48.5 Å². The van der Waals surface area contributed by atoms with Crippen LogP contribution >= 0.6 is 0 Å². The van der Waals surface area contributed by atoms with Crippen molar-refractivity contribution in [1.29, 1.82) is 0 Å². The molecule has 0 unspecified atom stereocenters. The summed E-state index contributed by atoms with van der Waals surface area (Å²) in [7, 11) is 1.54. The predicted molar refractivity (Wildman–Crippen MR) is 114 cm³/mol. The van der Waals surface area contributed by atoms with Crippen molar-refractivity contribution in [3.8, 4) is 18.1 Å². The lowest BCUT2D eigenvalue weighted by atomic mass is 10.2. The van der Waals surface area contributed by atoms with Crippen LogP contribution in [0.5, 0.6) is 5.75 Å². The van der Waals surface area contributed by atoms with Crippen LogP contribution in [-0.2, 0) is 14.4 Å². The first-order chi connectivity index (χ1) is 14.5. The standard InChI is InChI=1S/C23H23N3O4/c1-3-17-7-6-8-18(15-17)24-21(27)16-25(2)22(28)11-12-23(29)26-13-14-30-20-10-5-4-9-19(20)26/h1,4-10,15H,11-14,16H2,2H3,(H,24,27). The second kappa shape index (κ2) is 9.61. The van der Waals surface area contributed by atoms with Crippen molar-refractivity contribution in [2.24, 2.45) is 0 Å². The van der Waals surface area contributed by atoms with E-state index in [1.165, 1.54) is 11.9 Å². The number of nitrogens with zero attached hydrogens (tertiary/aromatic N) is 2. The maximum atomic E-state index is 12.6. The van der Waals surface area contributed by atoms with Gasteiger partial charge in [0.05, 0.1) is 18.8 Å². The minimum atomic E-state index is -0.339. The highest BCUT2D eigenvalue weighted by Gasteiger charge is 2.24. The number of anilines is 2. The molecular weight excluding hydrogens is 382 g/mol. The molecule has 7 heteroatoms. The van der Waals surface area contributed by atoms with E-state index in [4.69, 9.17) is 11.2 Å². The molecule has 0 aromatic heterocycles. The molecule has 0 saturated heterocycles. The Labute approximate surface area is 175 Å². The van der Waals surface area contributed by atoms with Crippen LogP contribution in [0.1, 0.15) is 18.4 Å². The molecule has 30 heavy (non-hydrogen) atoms. The summed E-state index contributed by atoms with van der Waals surface area (Å²) in [5.41, 5.74) is 1.93. The summed E-state index contributed by atoms with van der Waals surface area (Å²) in [4.78, 5) is 40.2. The lowest BCUT2D eigenvalue weighted by Crippen LogP contribution is -2.39. The zero-order valence-corrected chi connectivity index (χ0v) is 16.8. The van der Waals surface area contributed by atoms with E-state index in [-0.39, 0.29) is 37.1 Å². The Balaban J connectivity index is 1.49. The Morgan fingerprint density at radius 3 is 2.77 bits per heavy atom. The minimum Gasteiger partial charge on any atom is -0.490 e. The van der Waals surface area contributed by atoms with E-state index in [1.807, 2.05) is 24.3 Å². The van der Waals surface area contributed by atoms with Gasteiger partial charge in [0, 0.05) is 31.1 Å². The first-order valence-electron chi connectivity index (χ1n) is 9.60. The maximum absolute atomic E-state index is 12.6. The molecule has 1 heterocycles. The van der Waals surface area contributed by atoms with Crippen molar-refractivity contribution in [3.05, 3.63) is 54.1 Å². The number of likely N-dealkylation sites (N-methyl/N-ethyl adjacent to an activating group) is 1. The summed E-state index contributed by atoms with van der Waals surface area (Å²) in [6, 6.07) is 14.2. The molecule has 0 spiro atoms. The quantitative estimate of drug-likeness (QED) is 0.748. The molecule has 3 amide bonds. The lowest BCUT2D eigenvalue weighted by Gasteiger charge is -2.29. The van der Waals surface area contributed by atoms with E-state index < -0.39 is 0 Å². The Morgan fingerprint density at radius 2 is 1.97 bits per heavy atom. The van der Waals surface area contributed by atoms with Gasteiger partial charge in [-0.15, -0.1) is 6.42 Å². The largest absolute Gasteiger partial charge is 0.490 e. The van der Waals surface area contributed by atoms with Crippen LogP contribution in [0.4, 0.5) is 11.4 Å². The molecule has 0 atom stereocenters. The third-order valence-corrected chi connectivity index (χ3v) is 4.70. The molecule has 0 fully saturated rings. The van der Waals surface area contributed by atoms with Gasteiger partial charge in [0.1, 0.15) is 12.4 Å². The number of hydrogen-bond donors (Lipinski definition) is 1. The second-order valence-electron chi connectivity index (χ2n) is 6.88. The highest BCUT2D eigenvalue weighted by molar-refractivity contribution is 5.98. The third kappa shape index (κ3) is 5.17. The van der Waals surface area contributed by atoms with Gasteiger partial charge >= 0.3 is 0 Å². The third-order valence-electron chi connectivity index (χ3n) is 4.70. The van der Waals surface area contributed by atoms with Crippen LogP contribution in [-0.4, -0.2) is 49.4 Å². The second-order valence-corrected chi connectivity index (χ2v) is 6.88. The van der Waals surface area contributed by atoms with Gasteiger partial charge in [0.25, 0.3) is 0 Å². The fourth-order valence-corrected chi connectivity index (χ4v) is 3.16. The van der Waals surface area contributed by atoms with Gasteiger partial charge in [0.15, 0.2) is 0 Å². The summed E-state index contributed by atoms with van der Waals surface area (Å²) < 4.78 is 5.55. The zero-order valence-electron chi connectivity index (χ0n) is 16.8. The van der Waals surface area contributed by atoms with Crippen molar-refractivity contribution in [1.82, 2.24) is 4.90 Å².